The van der Waals surface area contributed by atoms with Gasteiger partial charge in [-0.15, -0.1) is 0 Å². The van der Waals surface area contributed by atoms with Crippen molar-refractivity contribution in [2.45, 2.75) is 20.3 Å². The summed E-state index contributed by atoms with van der Waals surface area (Å²) in [5.41, 5.74) is 0. The molecule has 2 nitrogen and oxygen atoms in total. The number of nitrogens with zero attached hydrogens (tertiary/aromatic N) is 1. The molecule has 2 atom stereocenters. The van der Waals surface area contributed by atoms with E-state index in [0.29, 0.717) is 23.7 Å². The highest BCUT2D eigenvalue weighted by atomic mass is 16.2. The lowest BCUT2D eigenvalue weighted by molar-refractivity contribution is -0.130. The molecule has 0 aliphatic heterocycles. The van der Waals surface area contributed by atoms with Crippen LogP contribution in [0.25, 0.3) is 0 Å². The Kier molecular flexibility index (Phi) is 2.21. The fraction of sp³-hybridized carbons (Fsp3) is 0.889. The Hall–Kier alpha value is -0.530. The van der Waals surface area contributed by atoms with Crippen molar-refractivity contribution < 1.29 is 4.79 Å². The Morgan fingerprint density at radius 2 is 2.00 bits per heavy atom. The Labute approximate surface area is 68.6 Å². The molecule has 0 aromatic heterocycles. The van der Waals surface area contributed by atoms with Crippen LogP contribution in [0, 0.1) is 17.8 Å². The third-order valence-electron chi connectivity index (χ3n) is 2.45. The van der Waals surface area contributed by atoms with Crippen molar-refractivity contribution >= 4 is 5.91 Å². The number of amides is 1. The van der Waals surface area contributed by atoms with Crippen molar-refractivity contribution in [2.75, 3.05) is 14.1 Å². The first-order valence-corrected chi connectivity index (χ1v) is 4.25. The lowest BCUT2D eigenvalue weighted by Crippen LogP contribution is -2.24. The molecule has 0 N–H and O–H groups in total. The Balaban J connectivity index is 2.38. The maximum Gasteiger partial charge on any atom is 0.225 e. The van der Waals surface area contributed by atoms with E-state index in [-0.39, 0.29) is 0 Å². The summed E-state index contributed by atoms with van der Waals surface area (Å²) in [6.07, 6.45) is 1.11. The van der Waals surface area contributed by atoms with E-state index < -0.39 is 0 Å². The fourth-order valence-corrected chi connectivity index (χ4v) is 1.57. The van der Waals surface area contributed by atoms with Crippen LogP contribution in [-0.2, 0) is 4.79 Å². The van der Waals surface area contributed by atoms with Crippen LogP contribution in [0.2, 0.25) is 0 Å². The highest BCUT2D eigenvalue weighted by Crippen LogP contribution is 2.44. The van der Waals surface area contributed by atoms with Gasteiger partial charge < -0.3 is 4.90 Å². The molecule has 0 spiro atoms. The Bertz CT molecular complexity index is 163. The molecule has 1 aliphatic rings. The van der Waals surface area contributed by atoms with Crippen LogP contribution in [-0.4, -0.2) is 24.9 Å². The molecule has 0 bridgehead atoms. The molecule has 1 saturated carbocycles. The SMILES string of the molecule is CC(C)[C@@H]1CC1C(=O)N(C)C. The van der Waals surface area contributed by atoms with Gasteiger partial charge in [0.1, 0.15) is 0 Å². The summed E-state index contributed by atoms with van der Waals surface area (Å²) in [5.74, 6) is 1.97. The van der Waals surface area contributed by atoms with Gasteiger partial charge in [-0.2, -0.15) is 0 Å². The largest absolute Gasteiger partial charge is 0.349 e. The standard InChI is InChI=1S/C9H17NO/c1-6(2)7-5-8(7)9(11)10(3)4/h6-8H,5H2,1-4H3/t7-,8?/m0/s1. The van der Waals surface area contributed by atoms with Crippen molar-refractivity contribution in [3.05, 3.63) is 0 Å². The maximum absolute atomic E-state index is 11.3. The van der Waals surface area contributed by atoms with E-state index in [4.69, 9.17) is 0 Å². The zero-order valence-corrected chi connectivity index (χ0v) is 7.79. The third kappa shape index (κ3) is 1.73. The minimum Gasteiger partial charge on any atom is -0.349 e. The van der Waals surface area contributed by atoms with Gasteiger partial charge in [-0.3, -0.25) is 4.79 Å². The summed E-state index contributed by atoms with van der Waals surface area (Å²) in [5, 5.41) is 0. The van der Waals surface area contributed by atoms with E-state index in [1.807, 2.05) is 14.1 Å². The number of rotatable bonds is 2. The minimum atomic E-state index is 0.309. The van der Waals surface area contributed by atoms with Crippen molar-refractivity contribution in [1.82, 2.24) is 4.90 Å². The van der Waals surface area contributed by atoms with Crippen molar-refractivity contribution in [1.29, 1.82) is 0 Å². The number of carbonyl (C=O) groups is 1. The van der Waals surface area contributed by atoms with Crippen LogP contribution < -0.4 is 0 Å². The van der Waals surface area contributed by atoms with Crippen molar-refractivity contribution in [3.8, 4) is 0 Å². The molecule has 11 heavy (non-hydrogen) atoms. The Morgan fingerprint density at radius 3 is 2.27 bits per heavy atom. The minimum absolute atomic E-state index is 0.309. The first kappa shape index (κ1) is 8.57. The van der Waals surface area contributed by atoms with Gasteiger partial charge in [0.25, 0.3) is 0 Å². The van der Waals surface area contributed by atoms with E-state index in [1.165, 1.54) is 0 Å². The number of hydrogen-bond donors (Lipinski definition) is 0. The summed E-state index contributed by atoms with van der Waals surface area (Å²) in [6.45, 7) is 4.38. The second-order valence-electron chi connectivity index (χ2n) is 3.98. The van der Waals surface area contributed by atoms with Gasteiger partial charge in [0.05, 0.1) is 0 Å². The molecule has 0 aromatic rings. The molecule has 1 amide bonds. The van der Waals surface area contributed by atoms with Crippen LogP contribution >= 0.6 is 0 Å². The fourth-order valence-electron chi connectivity index (χ4n) is 1.57. The highest BCUT2D eigenvalue weighted by molar-refractivity contribution is 5.81. The molecular formula is C9H17NO. The van der Waals surface area contributed by atoms with Gasteiger partial charge in [0, 0.05) is 20.0 Å². The molecule has 0 radical (unpaired) electrons. The average molecular weight is 155 g/mol. The van der Waals surface area contributed by atoms with Crippen molar-refractivity contribution in [2.24, 2.45) is 17.8 Å². The zero-order valence-electron chi connectivity index (χ0n) is 7.79. The molecule has 0 aromatic carbocycles. The molecule has 64 valence electrons. The third-order valence-corrected chi connectivity index (χ3v) is 2.45. The lowest BCUT2D eigenvalue weighted by atomic mass is 10.1. The summed E-state index contributed by atoms with van der Waals surface area (Å²) in [4.78, 5) is 13.0. The Morgan fingerprint density at radius 1 is 1.45 bits per heavy atom. The van der Waals surface area contributed by atoms with Crippen LogP contribution in [0.5, 0.6) is 0 Å². The lowest BCUT2D eigenvalue weighted by Gasteiger charge is -2.10. The predicted molar refractivity (Wildman–Crippen MR) is 45.1 cm³/mol. The summed E-state index contributed by atoms with van der Waals surface area (Å²) >= 11 is 0. The van der Waals surface area contributed by atoms with Gasteiger partial charge in [-0.25, -0.2) is 0 Å². The van der Waals surface area contributed by atoms with Gasteiger partial charge in [-0.1, -0.05) is 13.8 Å². The van der Waals surface area contributed by atoms with Crippen molar-refractivity contribution in [3.63, 3.8) is 0 Å². The topological polar surface area (TPSA) is 20.3 Å². The number of carbonyl (C=O) groups excluding carboxylic acids is 1. The smallest absolute Gasteiger partial charge is 0.225 e. The monoisotopic (exact) mass is 155 g/mol. The molecule has 2 heteroatoms. The normalized spacial score (nSPS) is 28.8. The van der Waals surface area contributed by atoms with E-state index in [9.17, 15) is 4.79 Å². The maximum atomic E-state index is 11.3. The van der Waals surface area contributed by atoms with Crippen LogP contribution in [0.3, 0.4) is 0 Å². The highest BCUT2D eigenvalue weighted by Gasteiger charge is 2.44. The molecule has 0 saturated heterocycles. The van der Waals surface area contributed by atoms with Crippen LogP contribution in [0.4, 0.5) is 0 Å². The molecule has 1 rings (SSSR count). The van der Waals surface area contributed by atoms with E-state index in [1.54, 1.807) is 4.90 Å². The zero-order chi connectivity index (χ0) is 8.59. The molecule has 0 heterocycles. The van der Waals surface area contributed by atoms with E-state index in [0.717, 1.165) is 6.42 Å². The average Bonchev–Trinajstić information content (AvgIpc) is 2.63. The second kappa shape index (κ2) is 2.84. The predicted octanol–water partition coefficient (Wildman–Crippen LogP) is 1.37. The van der Waals surface area contributed by atoms with Gasteiger partial charge in [-0.05, 0) is 18.3 Å². The van der Waals surface area contributed by atoms with Gasteiger partial charge >= 0.3 is 0 Å². The summed E-state index contributed by atoms with van der Waals surface area (Å²) < 4.78 is 0. The number of hydrogen-bond acceptors (Lipinski definition) is 1. The molecule has 1 unspecified atom stereocenters. The first-order chi connectivity index (χ1) is 5.04. The van der Waals surface area contributed by atoms with E-state index >= 15 is 0 Å². The molecular weight excluding hydrogens is 138 g/mol. The van der Waals surface area contributed by atoms with Crippen LogP contribution in [0.15, 0.2) is 0 Å². The van der Waals surface area contributed by atoms with Gasteiger partial charge in [0.15, 0.2) is 0 Å². The first-order valence-electron chi connectivity index (χ1n) is 4.25. The second-order valence-corrected chi connectivity index (χ2v) is 3.98. The quantitative estimate of drug-likeness (QED) is 0.589. The summed E-state index contributed by atoms with van der Waals surface area (Å²) in [6, 6.07) is 0. The van der Waals surface area contributed by atoms with E-state index in [2.05, 4.69) is 13.8 Å². The van der Waals surface area contributed by atoms with Gasteiger partial charge in [0.2, 0.25) is 5.91 Å². The van der Waals surface area contributed by atoms with Crippen LogP contribution in [0.1, 0.15) is 20.3 Å². The molecule has 1 fully saturated rings. The molecule has 1 aliphatic carbocycles. The summed E-state index contributed by atoms with van der Waals surface area (Å²) in [7, 11) is 3.66.